The van der Waals surface area contributed by atoms with Gasteiger partial charge in [0.25, 0.3) is 0 Å². The number of nitrogens with zero attached hydrogens (tertiary/aromatic N) is 1. The lowest BCUT2D eigenvalue weighted by molar-refractivity contribution is -0.253. The highest BCUT2D eigenvalue weighted by Crippen LogP contribution is 2.38. The van der Waals surface area contributed by atoms with Crippen LogP contribution in [0.25, 0.3) is 0 Å². The molecule has 5 rings (SSSR count). The first-order valence-corrected chi connectivity index (χ1v) is 17.2. The Morgan fingerprint density at radius 1 is 0.787 bits per heavy atom. The molecular weight excluding hydrogens is 592 g/mol. The molecule has 2 saturated heterocycles. The van der Waals surface area contributed by atoms with Gasteiger partial charge in [-0.25, -0.2) is 0 Å². The number of likely N-dealkylation sites (tertiary alicyclic amines) is 1. The highest BCUT2D eigenvalue weighted by Gasteiger charge is 2.33. The minimum absolute atomic E-state index is 0.0237. The van der Waals surface area contributed by atoms with Crippen LogP contribution in [-0.4, -0.2) is 47.6 Å². The average molecular weight is 643 g/mol. The summed E-state index contributed by atoms with van der Waals surface area (Å²) >= 11 is 0. The Morgan fingerprint density at radius 2 is 1.45 bits per heavy atom. The van der Waals surface area contributed by atoms with Crippen molar-refractivity contribution in [1.29, 1.82) is 0 Å². The zero-order valence-corrected chi connectivity index (χ0v) is 27.4. The number of carbonyl (C=O) groups excluding carboxylic acids is 2. The van der Waals surface area contributed by atoms with E-state index in [0.29, 0.717) is 30.8 Å². The van der Waals surface area contributed by atoms with Crippen LogP contribution >= 0.6 is 0 Å². The van der Waals surface area contributed by atoms with Gasteiger partial charge in [0.05, 0.1) is 30.2 Å². The normalized spacial score (nSPS) is 20.1. The van der Waals surface area contributed by atoms with Crippen molar-refractivity contribution in [2.45, 2.75) is 95.9 Å². The molecule has 0 spiro atoms. The van der Waals surface area contributed by atoms with Crippen LogP contribution < -0.4 is 16.4 Å². The van der Waals surface area contributed by atoms with Crippen molar-refractivity contribution in [2.24, 2.45) is 0 Å². The van der Waals surface area contributed by atoms with Gasteiger partial charge in [0, 0.05) is 37.9 Å². The number of nitrogen functional groups attached to an aromatic ring is 1. The molecule has 5 N–H and O–H groups in total. The van der Waals surface area contributed by atoms with E-state index in [1.54, 1.807) is 12.1 Å². The molecule has 0 aliphatic carbocycles. The summed E-state index contributed by atoms with van der Waals surface area (Å²) in [6.07, 6.45) is 8.30. The van der Waals surface area contributed by atoms with Crippen LogP contribution in [0.1, 0.15) is 98.9 Å². The largest absolute Gasteiger partial charge is 0.397 e. The molecule has 0 radical (unpaired) electrons. The van der Waals surface area contributed by atoms with Gasteiger partial charge in [0.1, 0.15) is 0 Å². The molecule has 2 aliphatic rings. The Hall–Kier alpha value is -3.76. The summed E-state index contributed by atoms with van der Waals surface area (Å²) in [7, 11) is 0. The van der Waals surface area contributed by atoms with Crippen LogP contribution in [0.3, 0.4) is 0 Å². The van der Waals surface area contributed by atoms with Crippen molar-refractivity contribution in [3.05, 3.63) is 95.1 Å². The van der Waals surface area contributed by atoms with E-state index in [0.717, 1.165) is 74.0 Å². The van der Waals surface area contributed by atoms with Crippen LogP contribution in [0.5, 0.6) is 0 Å². The van der Waals surface area contributed by atoms with Crippen molar-refractivity contribution < 1.29 is 24.2 Å². The van der Waals surface area contributed by atoms with Crippen LogP contribution in [0.4, 0.5) is 11.4 Å². The fourth-order valence-corrected chi connectivity index (χ4v) is 6.29. The van der Waals surface area contributed by atoms with Gasteiger partial charge >= 0.3 is 0 Å². The summed E-state index contributed by atoms with van der Waals surface area (Å²) in [6.45, 7) is 3.62. The summed E-state index contributed by atoms with van der Waals surface area (Å²) in [5, 5.41) is 15.4. The van der Waals surface area contributed by atoms with E-state index >= 15 is 0 Å². The number of carbonyl (C=O) groups is 2. The molecular formula is C38H50N4O5. The maximum Gasteiger partial charge on any atom is 0.224 e. The molecule has 0 bridgehead atoms. The van der Waals surface area contributed by atoms with E-state index in [2.05, 4.69) is 15.5 Å². The number of piperidine rings is 1. The zero-order valence-electron chi connectivity index (χ0n) is 27.4. The van der Waals surface area contributed by atoms with Crippen LogP contribution in [-0.2, 0) is 32.2 Å². The van der Waals surface area contributed by atoms with Crippen molar-refractivity contribution >= 4 is 23.2 Å². The molecule has 3 aromatic carbocycles. The van der Waals surface area contributed by atoms with Crippen LogP contribution in [0.2, 0.25) is 0 Å². The summed E-state index contributed by atoms with van der Waals surface area (Å²) in [4.78, 5) is 27.1. The molecule has 3 unspecified atom stereocenters. The molecule has 2 heterocycles. The topological polar surface area (TPSA) is 126 Å². The zero-order chi connectivity index (χ0) is 32.8. The van der Waals surface area contributed by atoms with Crippen molar-refractivity contribution in [3.63, 3.8) is 0 Å². The van der Waals surface area contributed by atoms with Gasteiger partial charge < -0.3 is 35.8 Å². The van der Waals surface area contributed by atoms with Crippen molar-refractivity contribution in [3.8, 4) is 0 Å². The lowest BCUT2D eigenvalue weighted by Crippen LogP contribution is -2.41. The maximum absolute atomic E-state index is 12.5. The highest BCUT2D eigenvalue weighted by molar-refractivity contribution is 5.93. The van der Waals surface area contributed by atoms with Crippen LogP contribution in [0, 0.1) is 0 Å². The third-order valence-electron chi connectivity index (χ3n) is 9.06. The van der Waals surface area contributed by atoms with E-state index in [-0.39, 0.29) is 30.6 Å². The highest BCUT2D eigenvalue weighted by atomic mass is 16.7. The number of ether oxygens (including phenoxy) is 2. The number of aliphatic hydroxyl groups is 1. The predicted molar refractivity (Wildman–Crippen MR) is 184 cm³/mol. The molecule has 9 heteroatoms. The van der Waals surface area contributed by atoms with Crippen LogP contribution in [0.15, 0.2) is 72.8 Å². The number of anilines is 2. The number of amides is 2. The number of nitrogens with two attached hydrogens (primary N) is 1. The van der Waals surface area contributed by atoms with Gasteiger partial charge in [-0.05, 0) is 67.6 Å². The van der Waals surface area contributed by atoms with E-state index in [1.807, 2.05) is 60.7 Å². The lowest BCUT2D eigenvalue weighted by Gasteiger charge is -2.39. The predicted octanol–water partition coefficient (Wildman–Crippen LogP) is 6.39. The van der Waals surface area contributed by atoms with Crippen molar-refractivity contribution in [1.82, 2.24) is 10.2 Å². The average Bonchev–Trinajstić information content (AvgIpc) is 3.10. The molecule has 2 fully saturated rings. The Labute approximate surface area is 278 Å². The molecule has 252 valence electrons. The second kappa shape index (κ2) is 18.0. The maximum atomic E-state index is 12.5. The standard InChI is InChI=1S/C38H50N4O5/c39-33-10-6-7-11-34(33)41-37(45)13-5-2-1-4-12-36(44)40-25-28-14-20-31(21-15-28)38-46-32(26-42-22-8-3-9-23-42)24-35(47-38)30-18-16-29(27-43)17-19-30/h6-7,10-11,14-21,32,35,38,43H,1-5,8-9,12-13,22-27,39H2,(H,40,44)(H,41,45). The minimum atomic E-state index is -0.479. The lowest BCUT2D eigenvalue weighted by atomic mass is 9.99. The van der Waals surface area contributed by atoms with Gasteiger partial charge in [-0.1, -0.05) is 79.9 Å². The third kappa shape index (κ3) is 10.9. The number of unbranched alkanes of at least 4 members (excludes halogenated alkanes) is 3. The molecule has 9 nitrogen and oxygen atoms in total. The van der Waals surface area contributed by atoms with Gasteiger partial charge in [-0.3, -0.25) is 9.59 Å². The first-order valence-electron chi connectivity index (χ1n) is 17.2. The Kier molecular flexibility index (Phi) is 13.2. The van der Waals surface area contributed by atoms with E-state index in [9.17, 15) is 14.7 Å². The SMILES string of the molecule is Nc1ccccc1NC(=O)CCCCCCC(=O)NCc1ccc(C2OC(CN3CCCCC3)CC(c3ccc(CO)cc3)O2)cc1. The summed E-state index contributed by atoms with van der Waals surface area (Å²) in [6, 6.07) is 23.3. The second-order valence-electron chi connectivity index (χ2n) is 12.8. The summed E-state index contributed by atoms with van der Waals surface area (Å²) in [5.41, 5.74) is 11.0. The third-order valence-corrected chi connectivity index (χ3v) is 9.06. The molecule has 0 aromatic heterocycles. The van der Waals surface area contributed by atoms with Gasteiger partial charge in [-0.15, -0.1) is 0 Å². The number of hydrogen-bond donors (Lipinski definition) is 4. The molecule has 2 aliphatic heterocycles. The number of nitrogens with one attached hydrogen (secondary N) is 2. The molecule has 0 saturated carbocycles. The Morgan fingerprint density at radius 3 is 2.15 bits per heavy atom. The summed E-state index contributed by atoms with van der Waals surface area (Å²) in [5.74, 6) is -0.0140. The number of rotatable bonds is 15. The monoisotopic (exact) mass is 642 g/mol. The molecule has 2 amide bonds. The smallest absolute Gasteiger partial charge is 0.224 e. The number of hydrogen-bond acceptors (Lipinski definition) is 7. The first kappa shape index (κ1) is 34.6. The molecule has 3 aromatic rings. The van der Waals surface area contributed by atoms with Gasteiger partial charge in [-0.2, -0.15) is 0 Å². The fourth-order valence-electron chi connectivity index (χ4n) is 6.29. The Bertz CT molecular complexity index is 1410. The number of para-hydroxylation sites is 2. The molecule has 47 heavy (non-hydrogen) atoms. The van der Waals surface area contributed by atoms with Gasteiger partial charge in [0.2, 0.25) is 11.8 Å². The number of aliphatic hydroxyl groups excluding tert-OH is 1. The van der Waals surface area contributed by atoms with E-state index in [4.69, 9.17) is 15.2 Å². The second-order valence-corrected chi connectivity index (χ2v) is 12.8. The quantitative estimate of drug-likeness (QED) is 0.112. The summed E-state index contributed by atoms with van der Waals surface area (Å²) < 4.78 is 13.0. The minimum Gasteiger partial charge on any atom is -0.397 e. The number of benzene rings is 3. The molecule has 3 atom stereocenters. The van der Waals surface area contributed by atoms with E-state index < -0.39 is 6.29 Å². The first-order chi connectivity index (χ1) is 23.0. The van der Waals surface area contributed by atoms with Crippen molar-refractivity contribution in [2.75, 3.05) is 30.7 Å². The fraction of sp³-hybridized carbons (Fsp3) is 0.474. The van der Waals surface area contributed by atoms with E-state index in [1.165, 1.54) is 19.3 Å². The van der Waals surface area contributed by atoms with Gasteiger partial charge in [0.15, 0.2) is 6.29 Å². The Balaban J connectivity index is 1.04.